The van der Waals surface area contributed by atoms with Gasteiger partial charge in [-0.3, -0.25) is 4.72 Å². The van der Waals surface area contributed by atoms with Crippen LogP contribution in [0.25, 0.3) is 0 Å². The Morgan fingerprint density at radius 2 is 1.79 bits per heavy atom. The third-order valence-electron chi connectivity index (χ3n) is 4.71. The largest absolute Gasteiger partial charge is 0.360 e. The van der Waals surface area contributed by atoms with E-state index in [0.717, 1.165) is 0 Å². The number of ether oxygens (including phenoxy) is 5. The first-order valence-electron chi connectivity index (χ1n) is 9.09. The van der Waals surface area contributed by atoms with Crippen molar-refractivity contribution in [2.24, 2.45) is 0 Å². The summed E-state index contributed by atoms with van der Waals surface area (Å²) in [5.74, 6) is -3.23. The highest BCUT2D eigenvalue weighted by atomic mass is 32.2. The van der Waals surface area contributed by atoms with Crippen molar-refractivity contribution in [3.8, 4) is 0 Å². The van der Waals surface area contributed by atoms with Crippen LogP contribution in [-0.4, -0.2) is 57.3 Å². The molecule has 3 heterocycles. The standard InChI is InChI=1S/C18H25NO8S/c1-16(2)24-13-10-22-18(15(14(13)25-16)26-17(3,4)27-18)11-23-28(20,21)19-12-8-6-5-7-9-12/h5-9,13-15,19H,10-11H2,1-4H3/t13-,14?,15?,18+/m1/s1. The molecule has 0 saturated carbocycles. The zero-order chi connectivity index (χ0) is 20.2. The van der Waals surface area contributed by atoms with Crippen molar-refractivity contribution in [3.05, 3.63) is 30.3 Å². The Morgan fingerprint density at radius 3 is 2.50 bits per heavy atom. The van der Waals surface area contributed by atoms with Gasteiger partial charge in [-0.05, 0) is 39.8 Å². The van der Waals surface area contributed by atoms with Crippen LogP contribution in [-0.2, 0) is 38.2 Å². The van der Waals surface area contributed by atoms with E-state index in [9.17, 15) is 8.42 Å². The maximum absolute atomic E-state index is 12.4. The molecule has 3 aliphatic rings. The molecule has 0 spiro atoms. The highest BCUT2D eigenvalue weighted by molar-refractivity contribution is 7.88. The van der Waals surface area contributed by atoms with Gasteiger partial charge in [-0.15, -0.1) is 0 Å². The van der Waals surface area contributed by atoms with Gasteiger partial charge >= 0.3 is 10.3 Å². The monoisotopic (exact) mass is 415 g/mol. The van der Waals surface area contributed by atoms with E-state index in [1.165, 1.54) is 0 Å². The number of nitrogens with one attached hydrogen (secondary N) is 1. The molecule has 4 atom stereocenters. The summed E-state index contributed by atoms with van der Waals surface area (Å²) < 4.78 is 62.0. The van der Waals surface area contributed by atoms with Crippen molar-refractivity contribution in [3.63, 3.8) is 0 Å². The van der Waals surface area contributed by atoms with Gasteiger partial charge in [0, 0.05) is 0 Å². The van der Waals surface area contributed by atoms with Gasteiger partial charge in [0.15, 0.2) is 11.6 Å². The zero-order valence-electron chi connectivity index (χ0n) is 16.2. The first-order chi connectivity index (χ1) is 13.0. The third kappa shape index (κ3) is 3.90. The number of benzene rings is 1. The van der Waals surface area contributed by atoms with E-state index < -0.39 is 46.5 Å². The average molecular weight is 415 g/mol. The molecule has 9 nitrogen and oxygen atoms in total. The third-order valence-corrected chi connectivity index (χ3v) is 5.62. The Kier molecular flexibility index (Phi) is 4.74. The maximum Gasteiger partial charge on any atom is 0.360 e. The van der Waals surface area contributed by atoms with Crippen LogP contribution in [0.3, 0.4) is 0 Å². The molecule has 0 aromatic heterocycles. The molecule has 3 saturated heterocycles. The van der Waals surface area contributed by atoms with E-state index in [1.807, 2.05) is 0 Å². The molecule has 0 aliphatic carbocycles. The summed E-state index contributed by atoms with van der Waals surface area (Å²) in [6.07, 6.45) is -1.53. The van der Waals surface area contributed by atoms with Crippen molar-refractivity contribution < 1.29 is 36.3 Å². The highest BCUT2D eigenvalue weighted by Crippen LogP contribution is 2.47. The minimum atomic E-state index is -4.10. The van der Waals surface area contributed by atoms with Gasteiger partial charge in [-0.1, -0.05) is 18.2 Å². The van der Waals surface area contributed by atoms with Crippen molar-refractivity contribution in [2.45, 2.75) is 63.4 Å². The van der Waals surface area contributed by atoms with Crippen molar-refractivity contribution in [1.29, 1.82) is 0 Å². The molecule has 28 heavy (non-hydrogen) atoms. The lowest BCUT2D eigenvalue weighted by atomic mass is 9.98. The van der Waals surface area contributed by atoms with E-state index in [-0.39, 0.29) is 12.7 Å². The van der Waals surface area contributed by atoms with E-state index in [2.05, 4.69) is 4.72 Å². The second-order valence-electron chi connectivity index (χ2n) is 7.99. The summed E-state index contributed by atoms with van der Waals surface area (Å²) in [6.45, 7) is 6.83. The molecule has 0 radical (unpaired) electrons. The van der Waals surface area contributed by atoms with Crippen LogP contribution in [0.2, 0.25) is 0 Å². The van der Waals surface area contributed by atoms with Crippen LogP contribution in [0.5, 0.6) is 0 Å². The molecule has 1 aromatic rings. The molecule has 0 amide bonds. The van der Waals surface area contributed by atoms with Gasteiger partial charge in [0.05, 0.1) is 12.3 Å². The fraction of sp³-hybridized carbons (Fsp3) is 0.667. The molecule has 2 unspecified atom stereocenters. The van der Waals surface area contributed by atoms with Crippen molar-refractivity contribution in [2.75, 3.05) is 17.9 Å². The second-order valence-corrected chi connectivity index (χ2v) is 9.33. The summed E-state index contributed by atoms with van der Waals surface area (Å²) in [7, 11) is -4.10. The number of fused-ring (bicyclic) bond motifs is 3. The van der Waals surface area contributed by atoms with Gasteiger partial charge in [0.1, 0.15) is 24.9 Å². The summed E-state index contributed by atoms with van der Waals surface area (Å²) in [5.41, 5.74) is 0.388. The molecule has 3 fully saturated rings. The van der Waals surface area contributed by atoms with Crippen LogP contribution in [0, 0.1) is 0 Å². The van der Waals surface area contributed by atoms with Gasteiger partial charge in [0.25, 0.3) is 0 Å². The number of hydrogen-bond acceptors (Lipinski definition) is 8. The van der Waals surface area contributed by atoms with Gasteiger partial charge in [-0.25, -0.2) is 4.18 Å². The van der Waals surface area contributed by atoms with Crippen molar-refractivity contribution >= 4 is 16.0 Å². The second kappa shape index (κ2) is 6.63. The lowest BCUT2D eigenvalue weighted by molar-refractivity contribution is -0.290. The van der Waals surface area contributed by atoms with Crippen LogP contribution in [0.4, 0.5) is 5.69 Å². The fourth-order valence-corrected chi connectivity index (χ4v) is 4.59. The summed E-state index contributed by atoms with van der Waals surface area (Å²) in [4.78, 5) is 0. The minimum Gasteiger partial charge on any atom is -0.343 e. The molecule has 10 heteroatoms. The molecule has 3 aliphatic heterocycles. The van der Waals surface area contributed by atoms with E-state index >= 15 is 0 Å². The lowest BCUT2D eigenvalue weighted by Gasteiger charge is -2.40. The zero-order valence-corrected chi connectivity index (χ0v) is 17.0. The highest BCUT2D eigenvalue weighted by Gasteiger charge is 2.65. The predicted octanol–water partition coefficient (Wildman–Crippen LogP) is 1.76. The molecule has 156 valence electrons. The first kappa shape index (κ1) is 20.0. The van der Waals surface area contributed by atoms with Gasteiger partial charge in [0.2, 0.25) is 5.79 Å². The normalized spacial score (nSPS) is 35.9. The quantitative estimate of drug-likeness (QED) is 0.776. The summed E-state index contributed by atoms with van der Waals surface area (Å²) in [5, 5.41) is 0. The van der Waals surface area contributed by atoms with Gasteiger partial charge in [-0.2, -0.15) is 8.42 Å². The molecule has 0 bridgehead atoms. The minimum absolute atomic E-state index is 0.166. The first-order valence-corrected chi connectivity index (χ1v) is 10.5. The SMILES string of the molecule is CC1(C)OC2C3OC(C)(C)O[C@]3(COS(=O)(=O)Nc3ccccc3)OC[C@H]2O1. The molecular weight excluding hydrogens is 390 g/mol. The smallest absolute Gasteiger partial charge is 0.343 e. The number of hydrogen-bond donors (Lipinski definition) is 1. The maximum atomic E-state index is 12.4. The Labute approximate surface area is 164 Å². The van der Waals surface area contributed by atoms with Crippen LogP contribution >= 0.6 is 0 Å². The van der Waals surface area contributed by atoms with E-state index in [4.69, 9.17) is 27.9 Å². The average Bonchev–Trinajstić information content (AvgIpc) is 3.05. The number of anilines is 1. The summed E-state index contributed by atoms with van der Waals surface area (Å²) >= 11 is 0. The fourth-order valence-electron chi connectivity index (χ4n) is 3.79. The van der Waals surface area contributed by atoms with Crippen LogP contribution < -0.4 is 4.72 Å². The Morgan fingerprint density at radius 1 is 1.07 bits per heavy atom. The summed E-state index contributed by atoms with van der Waals surface area (Å²) in [6, 6.07) is 8.45. The molecular formula is C18H25NO8S. The molecule has 1 aromatic carbocycles. The number of para-hydroxylation sites is 1. The number of rotatable bonds is 5. The Balaban J connectivity index is 1.52. The molecule has 4 rings (SSSR count). The van der Waals surface area contributed by atoms with Crippen LogP contribution in [0.15, 0.2) is 30.3 Å². The van der Waals surface area contributed by atoms with Crippen LogP contribution in [0.1, 0.15) is 27.7 Å². The predicted molar refractivity (Wildman–Crippen MR) is 97.5 cm³/mol. The lowest BCUT2D eigenvalue weighted by Crippen LogP contribution is -2.60. The Hall–Kier alpha value is -1.27. The molecule has 1 N–H and O–H groups in total. The van der Waals surface area contributed by atoms with E-state index in [0.29, 0.717) is 5.69 Å². The van der Waals surface area contributed by atoms with E-state index in [1.54, 1.807) is 58.0 Å². The van der Waals surface area contributed by atoms with Gasteiger partial charge < -0.3 is 23.7 Å². The van der Waals surface area contributed by atoms with Crippen molar-refractivity contribution in [1.82, 2.24) is 0 Å². The topological polar surface area (TPSA) is 102 Å². The Bertz CT molecular complexity index is 827.